The Morgan fingerprint density at radius 3 is 2.42 bits per heavy atom. The Bertz CT molecular complexity index is 327. The molecule has 0 amide bonds. The first kappa shape index (κ1) is 17.0. The van der Waals surface area contributed by atoms with Crippen LogP contribution in [0.25, 0.3) is 0 Å². The zero-order valence-electron chi connectivity index (χ0n) is 12.7. The highest BCUT2D eigenvalue weighted by Gasteiger charge is 2.32. The van der Waals surface area contributed by atoms with Crippen LogP contribution in [0, 0.1) is 5.92 Å². The largest absolute Gasteiger partial charge is 0.314 e. The van der Waals surface area contributed by atoms with E-state index in [-0.39, 0.29) is 0 Å². The van der Waals surface area contributed by atoms with Gasteiger partial charge in [0.1, 0.15) is 0 Å². The molecular formula is C15H31NO2S. The molecule has 1 heterocycles. The Hall–Kier alpha value is -0.0900. The maximum absolute atomic E-state index is 11.6. The van der Waals surface area contributed by atoms with E-state index in [1.165, 1.54) is 32.1 Å². The first-order valence-corrected chi connectivity index (χ1v) is 9.85. The fraction of sp³-hybridized carbons (Fsp3) is 1.00. The lowest BCUT2D eigenvalue weighted by molar-refractivity contribution is 0.350. The van der Waals surface area contributed by atoms with Crippen molar-refractivity contribution in [2.24, 2.45) is 5.92 Å². The van der Waals surface area contributed by atoms with E-state index in [9.17, 15) is 8.42 Å². The van der Waals surface area contributed by atoms with Gasteiger partial charge in [0.25, 0.3) is 0 Å². The molecule has 1 saturated heterocycles. The SMILES string of the molecule is CCCCCCCC(NCCC)C1CCS(=O)(=O)C1. The zero-order valence-corrected chi connectivity index (χ0v) is 13.5. The minimum atomic E-state index is -2.74. The second kappa shape index (κ2) is 8.96. The Labute approximate surface area is 119 Å². The number of hydrogen-bond donors (Lipinski definition) is 1. The standard InChI is InChI=1S/C15H31NO2S/c1-3-5-6-7-8-9-15(16-11-4-2)14-10-12-19(17,18)13-14/h14-16H,3-13H2,1-2H3. The average molecular weight is 289 g/mol. The number of unbranched alkanes of at least 4 members (excludes halogenated alkanes) is 4. The van der Waals surface area contributed by atoms with Crippen molar-refractivity contribution in [3.8, 4) is 0 Å². The van der Waals surface area contributed by atoms with Crippen molar-refractivity contribution < 1.29 is 8.42 Å². The third-order valence-corrected chi connectivity index (χ3v) is 5.91. The van der Waals surface area contributed by atoms with Crippen LogP contribution in [0.5, 0.6) is 0 Å². The van der Waals surface area contributed by atoms with Crippen LogP contribution in [0.1, 0.15) is 65.2 Å². The first-order chi connectivity index (χ1) is 9.09. The molecule has 1 N–H and O–H groups in total. The molecule has 0 radical (unpaired) electrons. The molecule has 1 fully saturated rings. The number of rotatable bonds is 10. The normalized spacial score (nSPS) is 23.6. The molecule has 0 spiro atoms. The molecule has 3 nitrogen and oxygen atoms in total. The van der Waals surface area contributed by atoms with Gasteiger partial charge in [0.05, 0.1) is 11.5 Å². The highest BCUT2D eigenvalue weighted by molar-refractivity contribution is 7.91. The van der Waals surface area contributed by atoms with Crippen LogP contribution in [0.15, 0.2) is 0 Å². The van der Waals surface area contributed by atoms with Crippen LogP contribution in [-0.2, 0) is 9.84 Å². The van der Waals surface area contributed by atoms with E-state index in [1.54, 1.807) is 0 Å². The summed E-state index contributed by atoms with van der Waals surface area (Å²) in [5, 5.41) is 3.58. The topological polar surface area (TPSA) is 46.2 Å². The van der Waals surface area contributed by atoms with Gasteiger partial charge in [-0.2, -0.15) is 0 Å². The maximum Gasteiger partial charge on any atom is 0.150 e. The summed E-state index contributed by atoms with van der Waals surface area (Å²) in [4.78, 5) is 0. The Morgan fingerprint density at radius 1 is 1.11 bits per heavy atom. The Balaban J connectivity index is 2.34. The van der Waals surface area contributed by atoms with Crippen LogP contribution >= 0.6 is 0 Å². The predicted octanol–water partition coefficient (Wildman–Crippen LogP) is 3.15. The molecule has 4 heteroatoms. The molecule has 19 heavy (non-hydrogen) atoms. The second-order valence-corrected chi connectivity index (χ2v) is 8.16. The summed E-state index contributed by atoms with van der Waals surface area (Å²) in [5.74, 6) is 1.16. The summed E-state index contributed by atoms with van der Waals surface area (Å²) in [7, 11) is -2.74. The van der Waals surface area contributed by atoms with E-state index in [1.807, 2.05) is 0 Å². The fourth-order valence-electron chi connectivity index (χ4n) is 2.94. The molecule has 1 aliphatic rings. The van der Waals surface area contributed by atoms with Crippen molar-refractivity contribution >= 4 is 9.84 Å². The molecule has 2 unspecified atom stereocenters. The van der Waals surface area contributed by atoms with Crippen molar-refractivity contribution in [1.29, 1.82) is 0 Å². The monoisotopic (exact) mass is 289 g/mol. The lowest BCUT2D eigenvalue weighted by Gasteiger charge is -2.24. The molecule has 0 bridgehead atoms. The minimum absolute atomic E-state index is 0.350. The number of nitrogens with one attached hydrogen (secondary N) is 1. The van der Waals surface area contributed by atoms with Gasteiger partial charge in [-0.25, -0.2) is 8.42 Å². The molecule has 1 rings (SSSR count). The van der Waals surface area contributed by atoms with E-state index in [2.05, 4.69) is 19.2 Å². The molecular weight excluding hydrogens is 258 g/mol. The molecule has 114 valence electrons. The molecule has 0 saturated carbocycles. The van der Waals surface area contributed by atoms with Crippen LogP contribution in [-0.4, -0.2) is 32.5 Å². The quantitative estimate of drug-likeness (QED) is 0.628. The predicted molar refractivity (Wildman–Crippen MR) is 82.2 cm³/mol. The maximum atomic E-state index is 11.6. The fourth-order valence-corrected chi connectivity index (χ4v) is 4.82. The molecule has 0 aromatic heterocycles. The third-order valence-electron chi connectivity index (χ3n) is 4.11. The Morgan fingerprint density at radius 2 is 1.84 bits per heavy atom. The van der Waals surface area contributed by atoms with Gasteiger partial charge in [-0.1, -0.05) is 46.0 Å². The van der Waals surface area contributed by atoms with Crippen LogP contribution in [0.4, 0.5) is 0 Å². The van der Waals surface area contributed by atoms with Gasteiger partial charge in [-0.05, 0) is 31.7 Å². The van der Waals surface area contributed by atoms with Crippen LogP contribution in [0.2, 0.25) is 0 Å². The van der Waals surface area contributed by atoms with E-state index in [0.717, 1.165) is 25.8 Å². The van der Waals surface area contributed by atoms with Gasteiger partial charge in [0.15, 0.2) is 9.84 Å². The first-order valence-electron chi connectivity index (χ1n) is 8.03. The average Bonchev–Trinajstić information content (AvgIpc) is 2.73. The second-order valence-electron chi connectivity index (χ2n) is 5.93. The van der Waals surface area contributed by atoms with Crippen LogP contribution < -0.4 is 5.32 Å². The van der Waals surface area contributed by atoms with Crippen molar-refractivity contribution in [2.45, 2.75) is 71.3 Å². The zero-order chi connectivity index (χ0) is 14.1. The Kier molecular flexibility index (Phi) is 8.00. The molecule has 2 atom stereocenters. The van der Waals surface area contributed by atoms with Gasteiger partial charge < -0.3 is 5.32 Å². The van der Waals surface area contributed by atoms with E-state index in [0.29, 0.717) is 23.5 Å². The van der Waals surface area contributed by atoms with E-state index >= 15 is 0 Å². The van der Waals surface area contributed by atoms with Crippen molar-refractivity contribution in [3.05, 3.63) is 0 Å². The lowest BCUT2D eigenvalue weighted by atomic mass is 9.93. The summed E-state index contributed by atoms with van der Waals surface area (Å²) in [6, 6.07) is 0.416. The van der Waals surface area contributed by atoms with Crippen molar-refractivity contribution in [2.75, 3.05) is 18.1 Å². The van der Waals surface area contributed by atoms with E-state index < -0.39 is 9.84 Å². The van der Waals surface area contributed by atoms with Crippen molar-refractivity contribution in [3.63, 3.8) is 0 Å². The molecule has 0 aromatic carbocycles. The minimum Gasteiger partial charge on any atom is -0.314 e. The van der Waals surface area contributed by atoms with Gasteiger partial charge in [-0.3, -0.25) is 0 Å². The van der Waals surface area contributed by atoms with Crippen molar-refractivity contribution in [1.82, 2.24) is 5.32 Å². The van der Waals surface area contributed by atoms with Gasteiger partial charge in [0, 0.05) is 6.04 Å². The summed E-state index contributed by atoms with van der Waals surface area (Å²) in [6.07, 6.45) is 9.56. The summed E-state index contributed by atoms with van der Waals surface area (Å²) >= 11 is 0. The highest BCUT2D eigenvalue weighted by atomic mass is 32.2. The number of hydrogen-bond acceptors (Lipinski definition) is 3. The van der Waals surface area contributed by atoms with Gasteiger partial charge >= 0.3 is 0 Å². The van der Waals surface area contributed by atoms with Crippen LogP contribution in [0.3, 0.4) is 0 Å². The summed E-state index contributed by atoms with van der Waals surface area (Å²) in [5.41, 5.74) is 0. The molecule has 1 aliphatic heterocycles. The molecule has 0 aromatic rings. The lowest BCUT2D eigenvalue weighted by Crippen LogP contribution is -2.37. The van der Waals surface area contributed by atoms with E-state index in [4.69, 9.17) is 0 Å². The number of sulfone groups is 1. The molecule has 0 aliphatic carbocycles. The summed E-state index contributed by atoms with van der Waals surface area (Å²) in [6.45, 7) is 5.40. The smallest absolute Gasteiger partial charge is 0.150 e. The van der Waals surface area contributed by atoms with Gasteiger partial charge in [-0.15, -0.1) is 0 Å². The highest BCUT2D eigenvalue weighted by Crippen LogP contribution is 2.25. The van der Waals surface area contributed by atoms with Gasteiger partial charge in [0.2, 0.25) is 0 Å². The summed E-state index contributed by atoms with van der Waals surface area (Å²) < 4.78 is 23.2. The third kappa shape index (κ3) is 6.75.